The van der Waals surface area contributed by atoms with E-state index in [0.717, 1.165) is 18.1 Å². The first-order valence-corrected chi connectivity index (χ1v) is 4.04. The van der Waals surface area contributed by atoms with Crippen LogP contribution in [-0.4, -0.2) is 17.7 Å². The third kappa shape index (κ3) is 0.903. The van der Waals surface area contributed by atoms with Crippen LogP contribution in [0.25, 0.3) is 0 Å². The predicted octanol–water partition coefficient (Wildman–Crippen LogP) is 1.34. The minimum absolute atomic E-state index is 0.980. The zero-order chi connectivity index (χ0) is 6.81. The van der Waals surface area contributed by atoms with Gasteiger partial charge in [0.15, 0.2) is 0 Å². The van der Waals surface area contributed by atoms with Gasteiger partial charge in [-0.3, -0.25) is 0 Å². The van der Waals surface area contributed by atoms with Crippen LogP contribution in [-0.2, 0) is 0 Å². The standard InChI is InChI=1S/C6H7N3S/c1-2-8-9(4-1)6-7-3-5-10-6/h2-3,5H,1,4H2. The molecule has 0 aromatic carbocycles. The largest absolute Gasteiger partial charge is 0.239 e. The molecule has 4 heteroatoms. The Hall–Kier alpha value is -0.900. The van der Waals surface area contributed by atoms with Crippen molar-refractivity contribution < 1.29 is 0 Å². The summed E-state index contributed by atoms with van der Waals surface area (Å²) in [5, 5.41) is 9.01. The van der Waals surface area contributed by atoms with Crippen LogP contribution in [0.5, 0.6) is 0 Å². The molecule has 0 amide bonds. The maximum Gasteiger partial charge on any atom is 0.205 e. The minimum Gasteiger partial charge on any atom is -0.239 e. The van der Waals surface area contributed by atoms with Gasteiger partial charge >= 0.3 is 0 Å². The van der Waals surface area contributed by atoms with Crippen LogP contribution < -0.4 is 5.01 Å². The highest BCUT2D eigenvalue weighted by molar-refractivity contribution is 7.13. The second kappa shape index (κ2) is 2.38. The van der Waals surface area contributed by atoms with Crippen LogP contribution in [0.2, 0.25) is 0 Å². The van der Waals surface area contributed by atoms with E-state index in [0.29, 0.717) is 0 Å². The molecule has 3 nitrogen and oxygen atoms in total. The summed E-state index contributed by atoms with van der Waals surface area (Å²) in [6.45, 7) is 0.980. The lowest BCUT2D eigenvalue weighted by atomic mass is 10.5. The van der Waals surface area contributed by atoms with Gasteiger partial charge in [-0.15, -0.1) is 11.3 Å². The van der Waals surface area contributed by atoms with Gasteiger partial charge in [0.2, 0.25) is 5.13 Å². The zero-order valence-corrected chi connectivity index (χ0v) is 6.21. The van der Waals surface area contributed by atoms with Crippen molar-refractivity contribution in [1.29, 1.82) is 0 Å². The van der Waals surface area contributed by atoms with Crippen LogP contribution in [0.4, 0.5) is 5.13 Å². The van der Waals surface area contributed by atoms with Gasteiger partial charge in [0.05, 0.1) is 0 Å². The van der Waals surface area contributed by atoms with Crippen molar-refractivity contribution in [1.82, 2.24) is 4.98 Å². The summed E-state index contributed by atoms with van der Waals surface area (Å²) in [5.74, 6) is 0. The predicted molar refractivity (Wildman–Crippen MR) is 42.6 cm³/mol. The molecule has 0 aliphatic carbocycles. The minimum atomic E-state index is 0.980. The molecule has 0 saturated carbocycles. The van der Waals surface area contributed by atoms with Gasteiger partial charge < -0.3 is 0 Å². The number of nitrogens with zero attached hydrogens (tertiary/aromatic N) is 3. The lowest BCUT2D eigenvalue weighted by Gasteiger charge is -2.07. The Kier molecular flexibility index (Phi) is 1.39. The topological polar surface area (TPSA) is 28.5 Å². The lowest BCUT2D eigenvalue weighted by Crippen LogP contribution is -2.10. The van der Waals surface area contributed by atoms with Crippen LogP contribution >= 0.6 is 11.3 Å². The number of aromatic nitrogens is 1. The average Bonchev–Trinajstić information content (AvgIpc) is 2.59. The summed E-state index contributed by atoms with van der Waals surface area (Å²) < 4.78 is 0. The quantitative estimate of drug-likeness (QED) is 0.609. The van der Waals surface area contributed by atoms with Gasteiger partial charge in [-0.05, 0) is 0 Å². The second-order valence-corrected chi connectivity index (χ2v) is 2.90. The van der Waals surface area contributed by atoms with Crippen molar-refractivity contribution in [3.05, 3.63) is 11.6 Å². The Balaban J connectivity index is 2.20. The number of hydrogen-bond donors (Lipinski definition) is 0. The molecule has 0 radical (unpaired) electrons. The molecule has 0 bridgehead atoms. The van der Waals surface area contributed by atoms with Crippen molar-refractivity contribution in [3.63, 3.8) is 0 Å². The first-order chi connectivity index (χ1) is 4.97. The van der Waals surface area contributed by atoms with Gasteiger partial charge in [-0.2, -0.15) is 5.10 Å². The van der Waals surface area contributed by atoms with Gasteiger partial charge in [0.1, 0.15) is 0 Å². The van der Waals surface area contributed by atoms with Crippen LogP contribution in [0.15, 0.2) is 16.7 Å². The molecular formula is C6H7N3S. The molecule has 10 heavy (non-hydrogen) atoms. The number of thiazole rings is 1. The fourth-order valence-corrected chi connectivity index (χ4v) is 1.51. The highest BCUT2D eigenvalue weighted by atomic mass is 32.1. The second-order valence-electron chi connectivity index (χ2n) is 2.02. The third-order valence-electron chi connectivity index (χ3n) is 1.33. The van der Waals surface area contributed by atoms with Crippen molar-refractivity contribution in [2.24, 2.45) is 5.10 Å². The fraction of sp³-hybridized carbons (Fsp3) is 0.333. The highest BCUT2D eigenvalue weighted by Gasteiger charge is 2.09. The normalized spacial score (nSPS) is 16.6. The molecule has 1 aliphatic heterocycles. The zero-order valence-electron chi connectivity index (χ0n) is 5.40. The Bertz CT molecular complexity index is 229. The van der Waals surface area contributed by atoms with Crippen molar-refractivity contribution >= 4 is 22.7 Å². The van der Waals surface area contributed by atoms with Crippen molar-refractivity contribution in [2.75, 3.05) is 11.6 Å². The van der Waals surface area contributed by atoms with E-state index in [4.69, 9.17) is 0 Å². The van der Waals surface area contributed by atoms with E-state index in [1.807, 2.05) is 16.6 Å². The molecule has 0 N–H and O–H groups in total. The maximum atomic E-state index is 4.13. The Labute approximate surface area is 63.0 Å². The van der Waals surface area contributed by atoms with E-state index in [9.17, 15) is 0 Å². The molecule has 2 heterocycles. The number of anilines is 1. The van der Waals surface area contributed by atoms with E-state index in [-0.39, 0.29) is 0 Å². The Morgan fingerprint density at radius 2 is 2.60 bits per heavy atom. The molecule has 2 rings (SSSR count). The molecule has 0 unspecified atom stereocenters. The first-order valence-electron chi connectivity index (χ1n) is 3.16. The van der Waals surface area contributed by atoms with E-state index in [2.05, 4.69) is 10.1 Å². The molecule has 0 atom stereocenters. The summed E-state index contributed by atoms with van der Waals surface area (Å²) in [7, 11) is 0. The molecule has 1 aliphatic rings. The van der Waals surface area contributed by atoms with Gasteiger partial charge in [0.25, 0.3) is 0 Å². The smallest absolute Gasteiger partial charge is 0.205 e. The number of hydrogen-bond acceptors (Lipinski definition) is 4. The van der Waals surface area contributed by atoms with E-state index in [1.54, 1.807) is 17.5 Å². The molecular weight excluding hydrogens is 146 g/mol. The lowest BCUT2D eigenvalue weighted by molar-refractivity contribution is 0.913. The highest BCUT2D eigenvalue weighted by Crippen LogP contribution is 2.19. The fourth-order valence-electron chi connectivity index (χ4n) is 0.882. The van der Waals surface area contributed by atoms with Gasteiger partial charge in [-0.1, -0.05) is 0 Å². The third-order valence-corrected chi connectivity index (χ3v) is 2.12. The van der Waals surface area contributed by atoms with Crippen LogP contribution in [0.3, 0.4) is 0 Å². The number of rotatable bonds is 1. The summed E-state index contributed by atoms with van der Waals surface area (Å²) in [6.07, 6.45) is 4.76. The summed E-state index contributed by atoms with van der Waals surface area (Å²) in [6, 6.07) is 0. The molecule has 1 aromatic heterocycles. The van der Waals surface area contributed by atoms with E-state index in [1.165, 1.54) is 0 Å². The van der Waals surface area contributed by atoms with E-state index < -0.39 is 0 Å². The van der Waals surface area contributed by atoms with Gasteiger partial charge in [0, 0.05) is 30.8 Å². The van der Waals surface area contributed by atoms with Gasteiger partial charge in [-0.25, -0.2) is 9.99 Å². The summed E-state index contributed by atoms with van der Waals surface area (Å²) in [4.78, 5) is 4.13. The first kappa shape index (κ1) is 5.85. The molecule has 52 valence electrons. The molecule has 0 saturated heterocycles. The average molecular weight is 153 g/mol. The summed E-state index contributed by atoms with van der Waals surface area (Å²) >= 11 is 1.62. The Morgan fingerprint density at radius 3 is 3.20 bits per heavy atom. The monoisotopic (exact) mass is 153 g/mol. The van der Waals surface area contributed by atoms with Crippen molar-refractivity contribution in [3.8, 4) is 0 Å². The molecule has 0 spiro atoms. The Morgan fingerprint density at radius 1 is 1.60 bits per heavy atom. The molecule has 1 aromatic rings. The number of hydrazone groups is 1. The van der Waals surface area contributed by atoms with E-state index >= 15 is 0 Å². The van der Waals surface area contributed by atoms with Crippen molar-refractivity contribution in [2.45, 2.75) is 6.42 Å². The maximum absolute atomic E-state index is 4.13. The molecule has 0 fully saturated rings. The van der Waals surface area contributed by atoms with Crippen LogP contribution in [0.1, 0.15) is 6.42 Å². The SMILES string of the molecule is C1=NN(c2nccs2)CC1. The summed E-state index contributed by atoms with van der Waals surface area (Å²) in [5.41, 5.74) is 0. The van der Waals surface area contributed by atoms with Crippen LogP contribution in [0, 0.1) is 0 Å².